The van der Waals surface area contributed by atoms with Gasteiger partial charge in [-0.1, -0.05) is 60.7 Å². The molecule has 4 rings (SSSR count). The lowest BCUT2D eigenvalue weighted by atomic mass is 10.1. The summed E-state index contributed by atoms with van der Waals surface area (Å²) in [5, 5.41) is 8.33. The lowest BCUT2D eigenvalue weighted by molar-refractivity contribution is -0.137. The second kappa shape index (κ2) is 11.9. The number of carbonyl (C=O) groups is 1. The van der Waals surface area contributed by atoms with Crippen LogP contribution in [0.2, 0.25) is 0 Å². The van der Waals surface area contributed by atoms with Gasteiger partial charge in [0.1, 0.15) is 5.25 Å². The van der Waals surface area contributed by atoms with Crippen molar-refractivity contribution in [3.05, 3.63) is 120 Å². The van der Waals surface area contributed by atoms with Crippen molar-refractivity contribution in [1.29, 1.82) is 0 Å². The molecule has 0 saturated carbocycles. The zero-order valence-corrected chi connectivity index (χ0v) is 21.0. The molecule has 0 bridgehead atoms. The number of nitrogens with one attached hydrogen (secondary N) is 3. The number of carbonyl (C=O) groups excluding carboxylic acids is 1. The fraction of sp³-hybridized carbons (Fsp3) is 0.0714. The van der Waals surface area contributed by atoms with Crippen LogP contribution in [0.3, 0.4) is 0 Å². The Hall–Kier alpha value is -3.82. The highest BCUT2D eigenvalue weighted by molar-refractivity contribution is 8.00. The van der Waals surface area contributed by atoms with Crippen LogP contribution in [0.5, 0.6) is 0 Å². The van der Waals surface area contributed by atoms with E-state index in [1.54, 1.807) is 24.3 Å². The highest BCUT2D eigenvalue weighted by Crippen LogP contribution is 2.39. The fourth-order valence-corrected chi connectivity index (χ4v) is 4.77. The number of benzene rings is 4. The molecule has 0 fully saturated rings. The minimum atomic E-state index is -4.59. The number of hydrogen-bond acceptors (Lipinski definition) is 3. The first kappa shape index (κ1) is 26.2. The van der Waals surface area contributed by atoms with Crippen LogP contribution < -0.4 is 16.0 Å². The zero-order chi connectivity index (χ0) is 26.3. The number of halogens is 3. The molecule has 37 heavy (non-hydrogen) atoms. The van der Waals surface area contributed by atoms with Gasteiger partial charge in [-0.05, 0) is 66.3 Å². The van der Waals surface area contributed by atoms with Gasteiger partial charge in [-0.2, -0.15) is 13.2 Å². The van der Waals surface area contributed by atoms with Gasteiger partial charge in [0.25, 0.3) is 0 Å². The number of alkyl halides is 3. The molecule has 4 aromatic rings. The molecule has 0 spiro atoms. The molecule has 1 amide bonds. The van der Waals surface area contributed by atoms with Crippen molar-refractivity contribution in [3.8, 4) is 0 Å². The quantitative estimate of drug-likeness (QED) is 0.165. The summed E-state index contributed by atoms with van der Waals surface area (Å²) in [6, 6.07) is 30.7. The SMILES string of the molecule is O=C(Nc1ccccc1C(F)(F)F)C(Sc1ccc(NC(=S)Nc2ccccc2)cc1)c1ccccc1. The average molecular weight is 538 g/mol. The van der Waals surface area contributed by atoms with Crippen LogP contribution in [0.1, 0.15) is 16.4 Å². The van der Waals surface area contributed by atoms with Crippen molar-refractivity contribution in [3.63, 3.8) is 0 Å². The van der Waals surface area contributed by atoms with Crippen molar-refractivity contribution in [2.24, 2.45) is 0 Å². The smallest absolute Gasteiger partial charge is 0.332 e. The zero-order valence-electron chi connectivity index (χ0n) is 19.3. The first-order valence-corrected chi connectivity index (χ1v) is 12.5. The van der Waals surface area contributed by atoms with Crippen LogP contribution in [0, 0.1) is 0 Å². The lowest BCUT2D eigenvalue weighted by Gasteiger charge is -2.19. The minimum Gasteiger partial charge on any atom is -0.332 e. The highest BCUT2D eigenvalue weighted by atomic mass is 32.2. The summed E-state index contributed by atoms with van der Waals surface area (Å²) in [4.78, 5) is 14.0. The predicted octanol–water partition coefficient (Wildman–Crippen LogP) is 7.99. The standard InChI is InChI=1S/C28H22F3N3OS2/c29-28(30,31)23-13-7-8-14-24(23)34-26(35)25(19-9-3-1-4-10-19)37-22-17-15-21(16-18-22)33-27(36)32-20-11-5-2-6-12-20/h1-18,25H,(H,34,35)(H2,32,33,36). The molecule has 0 aromatic heterocycles. The van der Waals surface area contributed by atoms with E-state index in [0.29, 0.717) is 10.7 Å². The third kappa shape index (κ3) is 7.34. The van der Waals surface area contributed by atoms with Crippen LogP contribution in [-0.2, 0) is 11.0 Å². The van der Waals surface area contributed by atoms with Crippen LogP contribution in [0.25, 0.3) is 0 Å². The van der Waals surface area contributed by atoms with E-state index in [0.717, 1.165) is 22.3 Å². The summed E-state index contributed by atoms with van der Waals surface area (Å²) >= 11 is 6.60. The van der Waals surface area contributed by atoms with Gasteiger partial charge in [-0.25, -0.2) is 0 Å². The number of rotatable bonds is 7. The largest absolute Gasteiger partial charge is 0.418 e. The Bertz CT molecular complexity index is 1350. The number of amides is 1. The van der Waals surface area contributed by atoms with E-state index >= 15 is 0 Å². The van der Waals surface area contributed by atoms with Crippen LogP contribution in [0.4, 0.5) is 30.2 Å². The Labute approximate surface area is 222 Å². The molecule has 188 valence electrons. The molecule has 4 nitrogen and oxygen atoms in total. The van der Waals surface area contributed by atoms with Crippen LogP contribution in [-0.4, -0.2) is 11.0 Å². The van der Waals surface area contributed by atoms with Gasteiger partial charge in [-0.3, -0.25) is 4.79 Å². The Kier molecular flexibility index (Phi) is 8.47. The maximum absolute atomic E-state index is 13.4. The van der Waals surface area contributed by atoms with Gasteiger partial charge in [0.2, 0.25) is 5.91 Å². The third-order valence-corrected chi connectivity index (χ3v) is 6.70. The topological polar surface area (TPSA) is 53.2 Å². The Morgan fingerprint density at radius 1 is 0.703 bits per heavy atom. The Morgan fingerprint density at radius 2 is 1.24 bits per heavy atom. The summed E-state index contributed by atoms with van der Waals surface area (Å²) in [7, 11) is 0. The average Bonchev–Trinajstić information content (AvgIpc) is 2.89. The molecule has 0 radical (unpaired) electrons. The second-order valence-electron chi connectivity index (χ2n) is 7.91. The summed E-state index contributed by atoms with van der Waals surface area (Å²) in [5.41, 5.74) is 1.11. The van der Waals surface area contributed by atoms with Gasteiger partial charge >= 0.3 is 6.18 Å². The van der Waals surface area contributed by atoms with Crippen LogP contribution >= 0.6 is 24.0 Å². The number of anilines is 3. The van der Waals surface area contributed by atoms with Gasteiger partial charge in [0.05, 0.1) is 11.3 Å². The fourth-order valence-electron chi connectivity index (χ4n) is 3.51. The van der Waals surface area contributed by atoms with Gasteiger partial charge in [0.15, 0.2) is 5.11 Å². The Balaban J connectivity index is 1.49. The maximum Gasteiger partial charge on any atom is 0.418 e. The molecule has 0 heterocycles. The van der Waals surface area contributed by atoms with Gasteiger partial charge < -0.3 is 16.0 Å². The van der Waals surface area contributed by atoms with Crippen molar-refractivity contribution in [2.75, 3.05) is 16.0 Å². The number of hydrogen-bond donors (Lipinski definition) is 3. The van der Waals surface area contributed by atoms with Crippen molar-refractivity contribution < 1.29 is 18.0 Å². The molecule has 1 unspecified atom stereocenters. The van der Waals surface area contributed by atoms with E-state index in [9.17, 15) is 18.0 Å². The molecule has 9 heteroatoms. The maximum atomic E-state index is 13.4. The van der Waals surface area contributed by atoms with Crippen molar-refractivity contribution in [2.45, 2.75) is 16.3 Å². The van der Waals surface area contributed by atoms with Crippen molar-refractivity contribution >= 4 is 52.1 Å². The Morgan fingerprint density at radius 3 is 1.86 bits per heavy atom. The van der Waals surface area contributed by atoms with E-state index in [1.807, 2.05) is 60.7 Å². The second-order valence-corrected chi connectivity index (χ2v) is 9.50. The first-order valence-electron chi connectivity index (χ1n) is 11.2. The minimum absolute atomic E-state index is 0.277. The molecule has 1 atom stereocenters. The molecule has 3 N–H and O–H groups in total. The predicted molar refractivity (Wildman–Crippen MR) is 148 cm³/mol. The summed E-state index contributed by atoms with van der Waals surface area (Å²) in [6.45, 7) is 0. The molecule has 4 aromatic carbocycles. The van der Waals surface area contributed by atoms with E-state index in [1.165, 1.54) is 30.0 Å². The lowest BCUT2D eigenvalue weighted by Crippen LogP contribution is -2.21. The number of thiocarbonyl (C=S) groups is 1. The normalized spacial score (nSPS) is 11.9. The molecular weight excluding hydrogens is 515 g/mol. The van der Waals surface area contributed by atoms with E-state index in [-0.39, 0.29) is 5.69 Å². The first-order chi connectivity index (χ1) is 17.8. The van der Waals surface area contributed by atoms with E-state index in [2.05, 4.69) is 16.0 Å². The molecule has 0 aliphatic rings. The summed E-state index contributed by atoms with van der Waals surface area (Å²) < 4.78 is 40.3. The van der Waals surface area contributed by atoms with Crippen molar-refractivity contribution in [1.82, 2.24) is 0 Å². The third-order valence-electron chi connectivity index (χ3n) is 5.23. The molecular formula is C28H22F3N3OS2. The number of para-hydroxylation sites is 2. The molecule has 0 saturated heterocycles. The van der Waals surface area contributed by atoms with Gasteiger partial charge in [-0.15, -0.1) is 11.8 Å². The van der Waals surface area contributed by atoms with Gasteiger partial charge in [0, 0.05) is 16.3 Å². The summed E-state index contributed by atoms with van der Waals surface area (Å²) in [5.74, 6) is -0.552. The molecule has 0 aliphatic heterocycles. The van der Waals surface area contributed by atoms with E-state index < -0.39 is 22.9 Å². The summed E-state index contributed by atoms with van der Waals surface area (Å²) in [6.07, 6.45) is -4.59. The highest BCUT2D eigenvalue weighted by Gasteiger charge is 2.34. The monoisotopic (exact) mass is 537 g/mol. The van der Waals surface area contributed by atoms with Crippen LogP contribution in [0.15, 0.2) is 114 Å². The molecule has 0 aliphatic carbocycles. The number of thioether (sulfide) groups is 1. The van der Waals surface area contributed by atoms with E-state index in [4.69, 9.17) is 12.2 Å².